The molecule has 1 unspecified atom stereocenters. The molecule has 1 aromatic heterocycles. The van der Waals surface area contributed by atoms with Crippen LogP contribution in [0, 0.1) is 18.3 Å². The number of thioether (sulfide) groups is 1. The zero-order valence-electron chi connectivity index (χ0n) is 24.9. The maximum absolute atomic E-state index is 13.9. The molecule has 0 aliphatic rings. The molecule has 0 aliphatic carbocycles. The Labute approximate surface area is 280 Å². The van der Waals surface area contributed by atoms with Crippen molar-refractivity contribution in [1.82, 2.24) is 0 Å². The van der Waals surface area contributed by atoms with Gasteiger partial charge in [-0.3, -0.25) is 9.59 Å². The topological polar surface area (TPSA) is 115 Å². The van der Waals surface area contributed by atoms with Crippen molar-refractivity contribution in [2.24, 2.45) is 0 Å². The van der Waals surface area contributed by atoms with E-state index in [9.17, 15) is 14.9 Å². The van der Waals surface area contributed by atoms with Crippen molar-refractivity contribution in [1.29, 1.82) is 5.26 Å². The van der Waals surface area contributed by atoms with Crippen LogP contribution in [0.25, 0.3) is 0 Å². The fraction of sp³-hybridized carbons (Fsp3) is 0.0857. The molecule has 5 aromatic rings. The van der Waals surface area contributed by atoms with Crippen LogP contribution in [-0.2, 0) is 4.79 Å². The molecule has 1 heterocycles. The molecule has 8 nitrogen and oxygen atoms in total. The van der Waals surface area contributed by atoms with Crippen LogP contribution >= 0.6 is 35.3 Å². The van der Waals surface area contributed by atoms with E-state index < -0.39 is 5.25 Å². The molecule has 0 fully saturated rings. The van der Waals surface area contributed by atoms with Crippen LogP contribution in [-0.4, -0.2) is 24.0 Å². The average Bonchev–Trinajstić information content (AvgIpc) is 3.39. The number of ether oxygens (including phenoxy) is 1. The van der Waals surface area contributed by atoms with Gasteiger partial charge in [0.1, 0.15) is 22.1 Å². The molecule has 5 rings (SSSR count). The van der Waals surface area contributed by atoms with Gasteiger partial charge in [0, 0.05) is 16.3 Å². The number of thiophene rings is 1. The van der Waals surface area contributed by atoms with Gasteiger partial charge >= 0.3 is 0 Å². The summed E-state index contributed by atoms with van der Waals surface area (Å²) in [7, 11) is 1.60. The largest absolute Gasteiger partial charge is 0.495 e. The maximum Gasteiger partial charge on any atom is 0.266 e. The number of anilines is 4. The molecule has 0 aliphatic heterocycles. The summed E-state index contributed by atoms with van der Waals surface area (Å²) in [6.07, 6.45) is 0. The van der Waals surface area contributed by atoms with Crippen molar-refractivity contribution in [2.75, 3.05) is 28.4 Å². The average molecular weight is 664 g/mol. The first-order chi connectivity index (χ1) is 22.4. The Morgan fingerprint density at radius 2 is 1.52 bits per heavy atom. The zero-order chi connectivity index (χ0) is 32.5. The minimum Gasteiger partial charge on any atom is -0.495 e. The molecule has 1 atom stereocenters. The van der Waals surface area contributed by atoms with Crippen LogP contribution in [0.4, 0.5) is 22.1 Å². The summed E-state index contributed by atoms with van der Waals surface area (Å²) in [5, 5.41) is 22.1. The highest BCUT2D eigenvalue weighted by molar-refractivity contribution is 8.00. The number of thiocarbonyl (C=S) groups is 1. The van der Waals surface area contributed by atoms with Crippen LogP contribution in [0.5, 0.6) is 5.75 Å². The second kappa shape index (κ2) is 15.2. The summed E-state index contributed by atoms with van der Waals surface area (Å²) in [6, 6.07) is 35.7. The number of rotatable bonds is 10. The van der Waals surface area contributed by atoms with Crippen molar-refractivity contribution in [3.05, 3.63) is 131 Å². The predicted molar refractivity (Wildman–Crippen MR) is 191 cm³/mol. The van der Waals surface area contributed by atoms with Gasteiger partial charge in [-0.1, -0.05) is 66.7 Å². The van der Waals surface area contributed by atoms with Crippen molar-refractivity contribution >= 4 is 74.3 Å². The van der Waals surface area contributed by atoms with Gasteiger partial charge < -0.3 is 26.0 Å². The summed E-state index contributed by atoms with van der Waals surface area (Å²) in [6.45, 7) is 1.71. The Morgan fingerprint density at radius 3 is 2.24 bits per heavy atom. The molecule has 0 radical (unpaired) electrons. The lowest BCUT2D eigenvalue weighted by molar-refractivity contribution is -0.115. The number of nitriles is 1. The number of carbonyl (C=O) groups is 2. The first-order valence-electron chi connectivity index (χ1n) is 14.1. The van der Waals surface area contributed by atoms with Crippen molar-refractivity contribution in [2.45, 2.75) is 17.1 Å². The number of methoxy groups -OCH3 is 1. The quantitative estimate of drug-likeness (QED) is 0.0869. The van der Waals surface area contributed by atoms with E-state index in [0.29, 0.717) is 32.0 Å². The Morgan fingerprint density at radius 1 is 0.848 bits per heavy atom. The predicted octanol–water partition coefficient (Wildman–Crippen LogP) is 8.47. The minimum absolute atomic E-state index is 0.260. The number of para-hydroxylation sites is 3. The summed E-state index contributed by atoms with van der Waals surface area (Å²) in [5.41, 5.74) is 3.66. The molecule has 0 saturated heterocycles. The molecular weight excluding hydrogens is 635 g/mol. The van der Waals surface area contributed by atoms with E-state index in [0.717, 1.165) is 33.2 Å². The molecule has 46 heavy (non-hydrogen) atoms. The van der Waals surface area contributed by atoms with E-state index in [2.05, 4.69) is 27.3 Å². The standard InChI is InChI=1S/C35H29N5O3S3/c1-22-27(21-36)34(46-30(22)32(41)37-24-14-7-4-8-15-24)40-33(42)31(23-12-5-3-6-13-23)45-26-17-11-16-25(20-26)38-35(44)39-28-18-9-10-19-29(28)43-2/h3-20,31H,1-2H3,(H,37,41)(H,40,42)(H2,38,39,44). The fourth-order valence-electron chi connectivity index (χ4n) is 4.56. The number of amides is 2. The van der Waals surface area contributed by atoms with Crippen LogP contribution in [0.1, 0.15) is 31.6 Å². The second-order valence-corrected chi connectivity index (χ2v) is 12.5. The third-order valence-corrected chi connectivity index (χ3v) is 9.43. The van der Waals surface area contributed by atoms with Crippen LogP contribution in [0.15, 0.2) is 114 Å². The Balaban J connectivity index is 1.35. The van der Waals surface area contributed by atoms with Crippen molar-refractivity contribution in [3.63, 3.8) is 0 Å². The van der Waals surface area contributed by atoms with E-state index in [1.807, 2.05) is 97.1 Å². The number of benzene rings is 4. The monoisotopic (exact) mass is 663 g/mol. The van der Waals surface area contributed by atoms with Gasteiger partial charge in [0.25, 0.3) is 5.91 Å². The number of nitrogens with zero attached hydrogens (tertiary/aromatic N) is 1. The molecule has 0 saturated carbocycles. The van der Waals surface area contributed by atoms with Crippen molar-refractivity contribution in [3.8, 4) is 11.8 Å². The van der Waals surface area contributed by atoms with E-state index in [-0.39, 0.29) is 17.4 Å². The molecular formula is C35H29N5O3S3. The molecule has 4 N–H and O–H groups in total. The molecule has 4 aromatic carbocycles. The summed E-state index contributed by atoms with van der Waals surface area (Å²) in [4.78, 5) is 28.2. The van der Waals surface area contributed by atoms with Gasteiger partial charge in [-0.25, -0.2) is 0 Å². The third kappa shape index (κ3) is 7.92. The lowest BCUT2D eigenvalue weighted by Gasteiger charge is -2.18. The van der Waals surface area contributed by atoms with Crippen LogP contribution in [0.2, 0.25) is 0 Å². The highest BCUT2D eigenvalue weighted by Crippen LogP contribution is 2.39. The normalized spacial score (nSPS) is 11.1. The Hall–Kier alpha value is -5.15. The number of carbonyl (C=O) groups excluding carboxylic acids is 2. The number of hydrogen-bond acceptors (Lipinski definition) is 7. The smallest absolute Gasteiger partial charge is 0.266 e. The highest BCUT2D eigenvalue weighted by Gasteiger charge is 2.27. The third-order valence-electron chi connectivity index (χ3n) is 6.77. The molecule has 0 spiro atoms. The van der Waals surface area contributed by atoms with E-state index in [4.69, 9.17) is 17.0 Å². The van der Waals surface area contributed by atoms with Gasteiger partial charge in [-0.2, -0.15) is 5.26 Å². The Kier molecular flexibility index (Phi) is 10.7. The Bertz CT molecular complexity index is 1910. The highest BCUT2D eigenvalue weighted by atomic mass is 32.2. The van der Waals surface area contributed by atoms with Crippen LogP contribution < -0.4 is 26.0 Å². The first-order valence-corrected chi connectivity index (χ1v) is 16.2. The van der Waals surface area contributed by atoms with Gasteiger partial charge in [0.05, 0.1) is 23.2 Å². The zero-order valence-corrected chi connectivity index (χ0v) is 27.3. The van der Waals surface area contributed by atoms with Crippen LogP contribution in [0.3, 0.4) is 0 Å². The van der Waals surface area contributed by atoms with Crippen molar-refractivity contribution < 1.29 is 14.3 Å². The van der Waals surface area contributed by atoms with Gasteiger partial charge in [-0.15, -0.1) is 23.1 Å². The second-order valence-electron chi connectivity index (χ2n) is 9.90. The summed E-state index contributed by atoms with van der Waals surface area (Å²) < 4.78 is 5.40. The molecule has 230 valence electrons. The lowest BCUT2D eigenvalue weighted by atomic mass is 10.1. The van der Waals surface area contributed by atoms with E-state index in [1.165, 1.54) is 11.8 Å². The maximum atomic E-state index is 13.9. The number of nitrogens with one attached hydrogen (secondary N) is 4. The lowest BCUT2D eigenvalue weighted by Crippen LogP contribution is -2.20. The van der Waals surface area contributed by atoms with Gasteiger partial charge in [0.15, 0.2) is 5.11 Å². The van der Waals surface area contributed by atoms with E-state index in [1.54, 1.807) is 26.2 Å². The molecule has 11 heteroatoms. The van der Waals surface area contributed by atoms with Gasteiger partial charge in [-0.05, 0) is 72.7 Å². The first kappa shape index (κ1) is 32.2. The molecule has 2 amide bonds. The van der Waals surface area contributed by atoms with E-state index >= 15 is 0 Å². The van der Waals surface area contributed by atoms with Gasteiger partial charge in [0.2, 0.25) is 5.91 Å². The SMILES string of the molecule is COc1ccccc1NC(=S)Nc1cccc(SC(C(=O)Nc2sc(C(=O)Nc3ccccc3)c(C)c2C#N)c2ccccc2)c1. The summed E-state index contributed by atoms with van der Waals surface area (Å²) in [5.74, 6) is -0.00472. The molecule has 0 bridgehead atoms. The fourth-order valence-corrected chi connectivity index (χ4v) is 6.92. The number of hydrogen-bond donors (Lipinski definition) is 4. The minimum atomic E-state index is -0.661. The summed E-state index contributed by atoms with van der Waals surface area (Å²) >= 11 is 7.98.